The number of alkyl halides is 3. The van der Waals surface area contributed by atoms with Crippen molar-refractivity contribution in [2.24, 2.45) is 14.1 Å². The molecule has 33 heavy (non-hydrogen) atoms. The molecule has 0 spiro atoms. The van der Waals surface area contributed by atoms with Crippen molar-refractivity contribution in [1.29, 1.82) is 0 Å². The van der Waals surface area contributed by atoms with Crippen LogP contribution in [0.1, 0.15) is 5.56 Å². The van der Waals surface area contributed by atoms with E-state index >= 15 is 0 Å². The van der Waals surface area contributed by atoms with E-state index in [2.05, 4.69) is 15.0 Å². The van der Waals surface area contributed by atoms with Crippen LogP contribution in [0, 0.1) is 0 Å². The Morgan fingerprint density at radius 1 is 1.15 bits per heavy atom. The molecular weight excluding hydrogens is 465 g/mol. The second-order valence-corrected chi connectivity index (χ2v) is 7.84. The van der Waals surface area contributed by atoms with Crippen LogP contribution in [0.4, 0.5) is 18.9 Å². The standard InChI is InChI=1S/C20H19F3N4O5S/c1-26-17-15(18(29)27(2)19(26)30)16(11(8-24-17)9-31-3)33-10-14(28)25-12-4-6-13(7-5-12)32-20(21,22)23/h4-8H,9-10H2,1-3H3,(H,25,28). The predicted octanol–water partition coefficient (Wildman–Crippen LogP) is 2.41. The predicted molar refractivity (Wildman–Crippen MR) is 115 cm³/mol. The van der Waals surface area contributed by atoms with Crippen LogP contribution in [0.15, 0.2) is 44.9 Å². The van der Waals surface area contributed by atoms with E-state index in [1.807, 2.05) is 0 Å². The Bertz CT molecular complexity index is 1300. The van der Waals surface area contributed by atoms with Crippen molar-refractivity contribution in [3.63, 3.8) is 0 Å². The first-order chi connectivity index (χ1) is 15.5. The lowest BCUT2D eigenvalue weighted by molar-refractivity contribution is -0.274. The van der Waals surface area contributed by atoms with Gasteiger partial charge in [0.1, 0.15) is 11.4 Å². The third-order valence-electron chi connectivity index (χ3n) is 4.51. The Morgan fingerprint density at radius 2 is 1.82 bits per heavy atom. The highest BCUT2D eigenvalue weighted by molar-refractivity contribution is 8.00. The summed E-state index contributed by atoms with van der Waals surface area (Å²) in [5.41, 5.74) is -0.0868. The molecule has 0 bridgehead atoms. The van der Waals surface area contributed by atoms with Gasteiger partial charge in [-0.1, -0.05) is 0 Å². The van der Waals surface area contributed by atoms with Gasteiger partial charge in [0.15, 0.2) is 0 Å². The number of thioether (sulfide) groups is 1. The number of pyridine rings is 1. The van der Waals surface area contributed by atoms with Gasteiger partial charge >= 0.3 is 12.1 Å². The maximum absolute atomic E-state index is 12.8. The lowest BCUT2D eigenvalue weighted by Crippen LogP contribution is -2.37. The molecule has 0 unspecified atom stereocenters. The minimum atomic E-state index is -4.81. The number of benzene rings is 1. The summed E-state index contributed by atoms with van der Waals surface area (Å²) in [7, 11) is 4.30. The van der Waals surface area contributed by atoms with E-state index in [-0.39, 0.29) is 29.1 Å². The molecule has 3 aromatic rings. The number of carbonyl (C=O) groups is 1. The number of fused-ring (bicyclic) bond motifs is 1. The first-order valence-electron chi connectivity index (χ1n) is 9.37. The Hall–Kier alpha value is -3.32. The van der Waals surface area contributed by atoms with Crippen molar-refractivity contribution in [3.05, 3.63) is 56.9 Å². The fourth-order valence-electron chi connectivity index (χ4n) is 3.04. The summed E-state index contributed by atoms with van der Waals surface area (Å²) in [6.07, 6.45) is -3.33. The fourth-order valence-corrected chi connectivity index (χ4v) is 4.01. The Labute approximate surface area is 189 Å². The topological polar surface area (TPSA) is 104 Å². The highest BCUT2D eigenvalue weighted by atomic mass is 32.2. The molecule has 3 rings (SSSR count). The maximum Gasteiger partial charge on any atom is 0.573 e. The van der Waals surface area contributed by atoms with Gasteiger partial charge in [0.25, 0.3) is 5.56 Å². The largest absolute Gasteiger partial charge is 0.573 e. The van der Waals surface area contributed by atoms with Crippen LogP contribution < -0.4 is 21.3 Å². The van der Waals surface area contributed by atoms with Crippen LogP contribution in [0.5, 0.6) is 5.75 Å². The molecule has 13 heteroatoms. The van der Waals surface area contributed by atoms with Crippen molar-refractivity contribution >= 4 is 34.4 Å². The van der Waals surface area contributed by atoms with Gasteiger partial charge in [-0.3, -0.25) is 18.7 Å². The van der Waals surface area contributed by atoms with Crippen LogP contribution in [0.2, 0.25) is 0 Å². The summed E-state index contributed by atoms with van der Waals surface area (Å²) in [4.78, 5) is 42.1. The number of aromatic nitrogens is 3. The number of nitrogens with one attached hydrogen (secondary N) is 1. The average Bonchev–Trinajstić information content (AvgIpc) is 2.75. The van der Waals surface area contributed by atoms with Crippen LogP contribution in [0.3, 0.4) is 0 Å². The van der Waals surface area contributed by atoms with E-state index in [4.69, 9.17) is 4.74 Å². The van der Waals surface area contributed by atoms with Gasteiger partial charge in [0.05, 0.1) is 17.7 Å². The van der Waals surface area contributed by atoms with E-state index < -0.39 is 29.3 Å². The number of rotatable bonds is 7. The van der Waals surface area contributed by atoms with Gasteiger partial charge in [0, 0.05) is 43.5 Å². The SMILES string of the molecule is COCc1cnc2c(c1SCC(=O)Nc1ccc(OC(F)(F)F)cc1)c(=O)n(C)c(=O)n2C. The van der Waals surface area contributed by atoms with Crippen LogP contribution in [0.25, 0.3) is 11.0 Å². The van der Waals surface area contributed by atoms with Crippen molar-refractivity contribution in [3.8, 4) is 5.75 Å². The van der Waals surface area contributed by atoms with Gasteiger partial charge in [0.2, 0.25) is 5.91 Å². The summed E-state index contributed by atoms with van der Waals surface area (Å²) in [5.74, 6) is -0.994. The van der Waals surface area contributed by atoms with Crippen molar-refractivity contribution in [2.45, 2.75) is 17.9 Å². The third kappa shape index (κ3) is 5.54. The minimum Gasteiger partial charge on any atom is -0.406 e. The van der Waals surface area contributed by atoms with Crippen molar-refractivity contribution in [2.75, 3.05) is 18.2 Å². The molecule has 0 aliphatic heterocycles. The van der Waals surface area contributed by atoms with E-state index in [1.165, 1.54) is 44.1 Å². The first kappa shape index (κ1) is 24.3. The van der Waals surface area contributed by atoms with Gasteiger partial charge in [-0.05, 0) is 24.3 Å². The molecule has 0 radical (unpaired) electrons. The molecule has 2 aromatic heterocycles. The highest BCUT2D eigenvalue weighted by Gasteiger charge is 2.31. The minimum absolute atomic E-state index is 0.122. The van der Waals surface area contributed by atoms with Gasteiger partial charge < -0.3 is 14.8 Å². The number of anilines is 1. The van der Waals surface area contributed by atoms with Gasteiger partial charge in [-0.25, -0.2) is 9.78 Å². The lowest BCUT2D eigenvalue weighted by atomic mass is 10.2. The van der Waals surface area contributed by atoms with Crippen molar-refractivity contribution in [1.82, 2.24) is 14.1 Å². The van der Waals surface area contributed by atoms with Crippen LogP contribution >= 0.6 is 11.8 Å². The van der Waals surface area contributed by atoms with Crippen LogP contribution in [-0.2, 0) is 30.2 Å². The summed E-state index contributed by atoms with van der Waals surface area (Å²) < 4.78 is 47.9. The fraction of sp³-hybridized carbons (Fsp3) is 0.300. The second kappa shape index (κ2) is 9.67. The maximum atomic E-state index is 12.8. The Balaban J connectivity index is 1.84. The van der Waals surface area contributed by atoms with E-state index in [0.717, 1.165) is 28.5 Å². The first-order valence-corrected chi connectivity index (χ1v) is 10.4. The molecule has 0 saturated carbocycles. The zero-order valence-electron chi connectivity index (χ0n) is 17.7. The summed E-state index contributed by atoms with van der Waals surface area (Å²) in [6.45, 7) is 0.125. The quantitative estimate of drug-likeness (QED) is 0.514. The highest BCUT2D eigenvalue weighted by Crippen LogP contribution is 2.29. The zero-order chi connectivity index (χ0) is 24.3. The molecule has 0 saturated heterocycles. The molecule has 0 fully saturated rings. The average molecular weight is 484 g/mol. The van der Waals surface area contributed by atoms with Crippen molar-refractivity contribution < 1.29 is 27.4 Å². The molecule has 9 nitrogen and oxygen atoms in total. The molecular formula is C20H19F3N4O5S. The molecule has 0 aliphatic rings. The Morgan fingerprint density at radius 3 is 2.42 bits per heavy atom. The monoisotopic (exact) mass is 484 g/mol. The summed E-state index contributed by atoms with van der Waals surface area (Å²) >= 11 is 1.06. The van der Waals surface area contributed by atoms with Crippen LogP contribution in [-0.4, -0.2) is 39.3 Å². The molecule has 0 aliphatic carbocycles. The summed E-state index contributed by atoms with van der Waals surface area (Å²) in [6, 6.07) is 4.70. The summed E-state index contributed by atoms with van der Waals surface area (Å²) in [5, 5.41) is 2.75. The number of nitrogens with zero attached hydrogens (tertiary/aromatic N) is 3. The lowest BCUT2D eigenvalue weighted by Gasteiger charge is -2.14. The number of methoxy groups -OCH3 is 1. The molecule has 2 heterocycles. The number of aryl methyl sites for hydroxylation is 1. The number of ether oxygens (including phenoxy) is 2. The Kier molecular flexibility index (Phi) is 7.12. The van der Waals surface area contributed by atoms with E-state index in [9.17, 15) is 27.6 Å². The number of halogens is 3. The smallest absolute Gasteiger partial charge is 0.406 e. The number of hydrogen-bond donors (Lipinski definition) is 1. The van der Waals surface area contributed by atoms with E-state index in [0.29, 0.717) is 10.5 Å². The van der Waals surface area contributed by atoms with Gasteiger partial charge in [-0.15, -0.1) is 24.9 Å². The molecule has 0 atom stereocenters. The molecule has 1 N–H and O–H groups in total. The zero-order valence-corrected chi connectivity index (χ0v) is 18.5. The van der Waals surface area contributed by atoms with E-state index in [1.54, 1.807) is 0 Å². The molecule has 176 valence electrons. The normalized spacial score (nSPS) is 11.6. The molecule has 1 aromatic carbocycles. The molecule has 1 amide bonds. The number of carbonyl (C=O) groups excluding carboxylic acids is 1. The number of hydrogen-bond acceptors (Lipinski definition) is 7. The van der Waals surface area contributed by atoms with Gasteiger partial charge in [-0.2, -0.15) is 0 Å². The second-order valence-electron chi connectivity index (χ2n) is 6.86. The number of amides is 1. The third-order valence-corrected chi connectivity index (χ3v) is 5.68.